The lowest BCUT2D eigenvalue weighted by Crippen LogP contribution is -2.35. The number of rotatable bonds is 12. The van der Waals surface area contributed by atoms with E-state index < -0.39 is 64.7 Å². The predicted molar refractivity (Wildman–Crippen MR) is 155 cm³/mol. The number of amides is 1. The van der Waals surface area contributed by atoms with E-state index in [4.69, 9.17) is 4.74 Å². The van der Waals surface area contributed by atoms with Gasteiger partial charge in [-0.2, -0.15) is 27.2 Å². The van der Waals surface area contributed by atoms with Gasteiger partial charge >= 0.3 is 12.8 Å². The van der Waals surface area contributed by atoms with Gasteiger partial charge in [-0.25, -0.2) is 12.8 Å². The minimum absolute atomic E-state index is 0.0191. The van der Waals surface area contributed by atoms with Crippen LogP contribution in [-0.4, -0.2) is 52.0 Å². The zero-order valence-corrected chi connectivity index (χ0v) is 25.1. The zero-order valence-electron chi connectivity index (χ0n) is 24.3. The number of halogens is 6. The Morgan fingerprint density at radius 3 is 2.33 bits per heavy atom. The largest absolute Gasteiger partial charge is 0.489 e. The molecule has 3 aromatic carbocycles. The first-order chi connectivity index (χ1) is 21.7. The highest BCUT2D eigenvalue weighted by molar-refractivity contribution is 7.91. The number of sulfone groups is 1. The molecule has 1 fully saturated rings. The summed E-state index contributed by atoms with van der Waals surface area (Å²) in [5, 5.41) is 11.9. The smallest absolute Gasteiger partial charge is 0.416 e. The van der Waals surface area contributed by atoms with Crippen molar-refractivity contribution in [1.29, 1.82) is 5.26 Å². The van der Waals surface area contributed by atoms with Crippen LogP contribution in [0, 0.1) is 17.1 Å². The summed E-state index contributed by atoms with van der Waals surface area (Å²) in [6, 6.07) is 13.5. The Hall–Kier alpha value is -4.29. The maximum Gasteiger partial charge on any atom is 0.416 e. The summed E-state index contributed by atoms with van der Waals surface area (Å²) >= 11 is 0. The molecule has 4 rings (SSSR count). The monoisotopic (exact) mass is 669 g/mol. The molecule has 0 spiro atoms. The van der Waals surface area contributed by atoms with Gasteiger partial charge in [0.1, 0.15) is 17.7 Å². The van der Waals surface area contributed by atoms with Crippen LogP contribution in [0.2, 0.25) is 0 Å². The molecule has 0 saturated carbocycles. The molecule has 1 N–H and O–H groups in total. The number of alkyl halides is 5. The van der Waals surface area contributed by atoms with Crippen molar-refractivity contribution in [3.63, 3.8) is 0 Å². The van der Waals surface area contributed by atoms with E-state index in [1.165, 1.54) is 48.2 Å². The van der Waals surface area contributed by atoms with E-state index >= 15 is 4.39 Å². The van der Waals surface area contributed by atoms with Crippen LogP contribution in [-0.2, 0) is 20.8 Å². The van der Waals surface area contributed by atoms with Crippen molar-refractivity contribution in [2.45, 2.75) is 55.6 Å². The molecular formula is C31H29F6N3O5S. The highest BCUT2D eigenvalue weighted by Gasteiger charge is 2.36. The molecule has 0 aromatic heterocycles. The van der Waals surface area contributed by atoms with Crippen molar-refractivity contribution in [3.8, 4) is 11.8 Å². The molecule has 3 aromatic rings. The molecule has 8 nitrogen and oxygen atoms in total. The summed E-state index contributed by atoms with van der Waals surface area (Å²) in [7, 11) is -3.46. The zero-order chi connectivity index (χ0) is 33.6. The lowest BCUT2D eigenvalue weighted by atomic mass is 10.0. The van der Waals surface area contributed by atoms with Crippen LogP contribution < -0.4 is 15.0 Å². The van der Waals surface area contributed by atoms with E-state index in [1.807, 2.05) is 6.07 Å². The van der Waals surface area contributed by atoms with Gasteiger partial charge in [0.2, 0.25) is 0 Å². The fourth-order valence-corrected chi connectivity index (χ4v) is 5.94. The summed E-state index contributed by atoms with van der Waals surface area (Å²) in [6.45, 7) is -2.11. The second-order valence-corrected chi connectivity index (χ2v) is 12.7. The number of ether oxygens (including phenoxy) is 2. The van der Waals surface area contributed by atoms with Gasteiger partial charge in [-0.1, -0.05) is 19.1 Å². The first-order valence-corrected chi connectivity index (χ1v) is 15.7. The Bertz CT molecular complexity index is 1660. The average Bonchev–Trinajstić information content (AvgIpc) is 3.41. The number of nitrogens with zero attached hydrogens (tertiary/aromatic N) is 2. The third-order valence-corrected chi connectivity index (χ3v) is 9.17. The minimum atomic E-state index is -4.54. The van der Waals surface area contributed by atoms with Crippen molar-refractivity contribution >= 4 is 21.4 Å². The standard InChI is InChI=1S/C31H29F6N3O5S/c1-2-46(42,43)25-10-3-19(4-11-25)27(13-14-38)39-29(41)20-5-12-28(26(32)15-20)40-17-24(16-22(40)18-44-30(33)34)45-23-8-6-21(7-9-23)31(35,36)37/h3-12,15,22,24,27,30H,2,13,16-18H2,1H3,(H,39,41)/t22-,24+,27?/m0/s1. The first-order valence-electron chi connectivity index (χ1n) is 14.0. The van der Waals surface area contributed by atoms with Gasteiger partial charge in [-0.3, -0.25) is 4.79 Å². The molecule has 0 bridgehead atoms. The molecule has 1 heterocycles. The van der Waals surface area contributed by atoms with Gasteiger partial charge in [-0.15, -0.1) is 0 Å². The fourth-order valence-electron chi connectivity index (χ4n) is 5.05. The molecule has 3 atom stereocenters. The molecule has 1 aliphatic rings. The van der Waals surface area contributed by atoms with Gasteiger partial charge in [0.05, 0.1) is 59.6 Å². The summed E-state index contributed by atoms with van der Waals surface area (Å²) in [4.78, 5) is 14.6. The molecule has 46 heavy (non-hydrogen) atoms. The minimum Gasteiger partial charge on any atom is -0.489 e. The summed E-state index contributed by atoms with van der Waals surface area (Å²) in [5.74, 6) is -1.58. The number of carbonyl (C=O) groups is 1. The van der Waals surface area contributed by atoms with E-state index in [9.17, 15) is 40.4 Å². The van der Waals surface area contributed by atoms with Crippen LogP contribution in [0.1, 0.15) is 47.3 Å². The van der Waals surface area contributed by atoms with Crippen LogP contribution in [0.4, 0.5) is 32.0 Å². The molecule has 0 radical (unpaired) electrons. The van der Waals surface area contributed by atoms with Crippen LogP contribution in [0.5, 0.6) is 5.75 Å². The van der Waals surface area contributed by atoms with Crippen molar-refractivity contribution in [2.24, 2.45) is 0 Å². The van der Waals surface area contributed by atoms with Crippen LogP contribution in [0.3, 0.4) is 0 Å². The summed E-state index contributed by atoms with van der Waals surface area (Å²) in [6.07, 6.45) is -5.32. The van der Waals surface area contributed by atoms with Crippen LogP contribution in [0.25, 0.3) is 0 Å². The Labute approximate surface area is 261 Å². The molecule has 15 heteroatoms. The van der Waals surface area contributed by atoms with Gasteiger partial charge in [0.15, 0.2) is 9.84 Å². The number of carbonyl (C=O) groups excluding carboxylic acids is 1. The summed E-state index contributed by atoms with van der Waals surface area (Å²) in [5.41, 5.74) is -0.563. The normalized spacial score (nSPS) is 17.5. The molecule has 0 aliphatic carbocycles. The topological polar surface area (TPSA) is 109 Å². The first kappa shape index (κ1) is 34.6. The number of hydrogen-bond donors (Lipinski definition) is 1. The Balaban J connectivity index is 1.50. The maximum absolute atomic E-state index is 15.5. The lowest BCUT2D eigenvalue weighted by molar-refractivity contribution is -0.137. The SMILES string of the molecule is CCS(=O)(=O)c1ccc(C(CC#N)NC(=O)c2ccc(N3C[C@H](Oc4ccc(C(F)(F)F)cc4)C[C@H]3COC(F)F)c(F)c2)cc1. The van der Waals surface area contributed by atoms with Gasteiger partial charge < -0.3 is 19.7 Å². The third kappa shape index (κ3) is 8.49. The Kier molecular flexibility index (Phi) is 10.8. The van der Waals surface area contributed by atoms with E-state index in [2.05, 4.69) is 10.1 Å². The van der Waals surface area contributed by atoms with Crippen molar-refractivity contribution in [3.05, 3.63) is 89.2 Å². The number of benzene rings is 3. The van der Waals surface area contributed by atoms with Crippen molar-refractivity contribution in [2.75, 3.05) is 23.8 Å². The number of anilines is 1. The molecular weight excluding hydrogens is 640 g/mol. The maximum atomic E-state index is 15.5. The third-order valence-electron chi connectivity index (χ3n) is 7.42. The Morgan fingerprint density at radius 2 is 1.76 bits per heavy atom. The lowest BCUT2D eigenvalue weighted by Gasteiger charge is -2.27. The highest BCUT2D eigenvalue weighted by Crippen LogP contribution is 2.34. The van der Waals surface area contributed by atoms with Gasteiger partial charge in [0, 0.05) is 12.0 Å². The number of hydrogen-bond acceptors (Lipinski definition) is 7. The molecule has 1 amide bonds. The van der Waals surface area contributed by atoms with Crippen molar-refractivity contribution < 1.29 is 49.0 Å². The van der Waals surface area contributed by atoms with Crippen molar-refractivity contribution in [1.82, 2.24) is 5.32 Å². The Morgan fingerprint density at radius 1 is 1.09 bits per heavy atom. The van der Waals surface area contributed by atoms with Gasteiger partial charge in [0.25, 0.3) is 5.91 Å². The predicted octanol–water partition coefficient (Wildman–Crippen LogP) is 6.29. The average molecular weight is 670 g/mol. The number of nitriles is 1. The van der Waals surface area contributed by atoms with Gasteiger partial charge in [-0.05, 0) is 60.2 Å². The summed E-state index contributed by atoms with van der Waals surface area (Å²) < 4.78 is 114. The van der Waals surface area contributed by atoms with E-state index in [0.717, 1.165) is 30.3 Å². The highest BCUT2D eigenvalue weighted by atomic mass is 32.2. The van der Waals surface area contributed by atoms with E-state index in [1.54, 1.807) is 0 Å². The van der Waals surface area contributed by atoms with Crippen LogP contribution in [0.15, 0.2) is 71.6 Å². The molecule has 1 saturated heterocycles. The van der Waals surface area contributed by atoms with E-state index in [-0.39, 0.29) is 47.0 Å². The molecule has 1 aliphatic heterocycles. The molecule has 246 valence electrons. The fraction of sp³-hybridized carbons (Fsp3) is 0.355. The van der Waals surface area contributed by atoms with Crippen LogP contribution >= 0.6 is 0 Å². The number of nitrogens with one attached hydrogen (secondary N) is 1. The second-order valence-electron chi connectivity index (χ2n) is 10.4. The quantitative estimate of drug-likeness (QED) is 0.226. The molecule has 1 unspecified atom stereocenters. The van der Waals surface area contributed by atoms with E-state index in [0.29, 0.717) is 5.56 Å². The second kappa shape index (κ2) is 14.4.